The molecule has 16 bridgehead atoms. The summed E-state index contributed by atoms with van der Waals surface area (Å²) in [6, 6.07) is 54.6. The Balaban J connectivity index is 1.21. The lowest BCUT2D eigenvalue weighted by Gasteiger charge is -2.00. The summed E-state index contributed by atoms with van der Waals surface area (Å²) in [5.41, 5.74) is 9.19. The Morgan fingerprint density at radius 1 is 0.173 bits per heavy atom. The number of aromatic amines is 4. The monoisotopic (exact) mass is 660 g/mol. The van der Waals surface area contributed by atoms with Crippen LogP contribution in [-0.4, -0.2) is 19.9 Å². The van der Waals surface area contributed by atoms with Crippen LogP contribution in [-0.2, 0) is 0 Å². The zero-order valence-corrected chi connectivity index (χ0v) is 27.9. The fraction of sp³-hybridized carbons (Fsp3) is 0. The van der Waals surface area contributed by atoms with Gasteiger partial charge in [0.15, 0.2) is 0 Å². The summed E-state index contributed by atoms with van der Waals surface area (Å²) in [5.74, 6) is 0. The minimum absolute atomic E-state index is 1.15. The number of H-pyrrole nitrogens is 4. The third-order valence-electron chi connectivity index (χ3n) is 11.7. The molecule has 52 heavy (non-hydrogen) atoms. The summed E-state index contributed by atoms with van der Waals surface area (Å²) in [4.78, 5) is 14.7. The largest absolute Gasteiger partial charge is 0.355 e. The fourth-order valence-corrected chi connectivity index (χ4v) is 9.03. The number of nitrogens with one attached hydrogen (secondary N) is 4. The summed E-state index contributed by atoms with van der Waals surface area (Å²) < 4.78 is 0. The first kappa shape index (κ1) is 26.8. The number of fused-ring (bicyclic) bond motifs is 12. The van der Waals surface area contributed by atoms with Crippen LogP contribution in [0.3, 0.4) is 0 Å². The maximum Gasteiger partial charge on any atom is 0.0465 e. The molecule has 4 nitrogen and oxygen atoms in total. The van der Waals surface area contributed by atoms with Crippen LogP contribution in [0.25, 0.3) is 130 Å². The van der Waals surface area contributed by atoms with E-state index in [1.807, 2.05) is 0 Å². The smallest absolute Gasteiger partial charge is 0.0465 e. The summed E-state index contributed by atoms with van der Waals surface area (Å²) in [6.07, 6.45) is 0. The minimum atomic E-state index is 1.15. The highest BCUT2D eigenvalue weighted by atomic mass is 14.7. The second-order valence-corrected chi connectivity index (χ2v) is 14.6. The van der Waals surface area contributed by atoms with Crippen molar-refractivity contribution in [1.82, 2.24) is 19.9 Å². The molecule has 0 aliphatic heterocycles. The van der Waals surface area contributed by atoms with Gasteiger partial charge in [0.2, 0.25) is 0 Å². The lowest BCUT2D eigenvalue weighted by atomic mass is 10.0. The van der Waals surface area contributed by atoms with Gasteiger partial charge in [-0.15, -0.1) is 0 Å². The second kappa shape index (κ2) is 9.39. The number of rotatable bonds is 0. The second-order valence-electron chi connectivity index (χ2n) is 14.6. The zero-order valence-electron chi connectivity index (χ0n) is 27.9. The highest BCUT2D eigenvalue weighted by molar-refractivity contribution is 6.18. The van der Waals surface area contributed by atoms with Crippen molar-refractivity contribution in [3.8, 4) is 0 Å². The van der Waals surface area contributed by atoms with Crippen molar-refractivity contribution in [3.63, 3.8) is 0 Å². The summed E-state index contributed by atoms with van der Waals surface area (Å²) >= 11 is 0. The minimum Gasteiger partial charge on any atom is -0.355 e. The molecule has 4 aromatic heterocycles. The van der Waals surface area contributed by atoms with E-state index in [1.54, 1.807) is 0 Å². The number of benzene rings is 8. The Labute approximate surface area is 294 Å². The molecule has 0 amide bonds. The molecule has 0 spiro atoms. The third kappa shape index (κ3) is 3.60. The molecule has 0 aliphatic rings. The van der Waals surface area contributed by atoms with E-state index in [0.717, 1.165) is 44.1 Å². The molecule has 4 heterocycles. The Morgan fingerprint density at radius 2 is 0.308 bits per heavy atom. The van der Waals surface area contributed by atoms with Gasteiger partial charge in [-0.3, -0.25) is 0 Å². The van der Waals surface area contributed by atoms with Crippen molar-refractivity contribution in [1.29, 1.82) is 0 Å². The summed E-state index contributed by atoms with van der Waals surface area (Å²) in [6.45, 7) is 0. The van der Waals surface area contributed by atoms with E-state index in [2.05, 4.69) is 166 Å². The molecule has 0 atom stereocenters. The lowest BCUT2D eigenvalue weighted by molar-refractivity contribution is 1.55. The molecule has 0 unspecified atom stereocenters. The Kier molecular flexibility index (Phi) is 4.83. The van der Waals surface area contributed by atoms with E-state index in [1.165, 1.54) is 86.2 Å². The number of aromatic nitrogens is 4. The fourth-order valence-electron chi connectivity index (χ4n) is 9.03. The highest BCUT2D eigenvalue weighted by Crippen LogP contribution is 2.36. The Hall–Kier alpha value is -7.04. The molecule has 4 N–H and O–H groups in total. The predicted molar refractivity (Wildman–Crippen MR) is 223 cm³/mol. The van der Waals surface area contributed by atoms with E-state index >= 15 is 0 Å². The number of hydrogen-bond acceptors (Lipinski definition) is 0. The van der Waals surface area contributed by atoms with Crippen LogP contribution in [0.2, 0.25) is 0 Å². The van der Waals surface area contributed by atoms with Crippen LogP contribution < -0.4 is 0 Å². The first-order chi connectivity index (χ1) is 25.7. The molecule has 240 valence electrons. The molecule has 0 saturated carbocycles. The molecule has 13 aromatic rings. The lowest BCUT2D eigenvalue weighted by Crippen LogP contribution is -1.74. The first-order valence-corrected chi connectivity index (χ1v) is 17.9. The Morgan fingerprint density at radius 3 is 0.442 bits per heavy atom. The van der Waals surface area contributed by atoms with E-state index in [0.29, 0.717) is 0 Å². The van der Waals surface area contributed by atoms with Crippen LogP contribution in [0.1, 0.15) is 0 Å². The van der Waals surface area contributed by atoms with Crippen LogP contribution >= 0.6 is 0 Å². The maximum atomic E-state index is 3.67. The Bertz CT molecular complexity index is 3020. The third-order valence-corrected chi connectivity index (χ3v) is 11.7. The van der Waals surface area contributed by atoms with Crippen LogP contribution in [0.5, 0.6) is 0 Å². The molecular formula is C48H28N4. The maximum absolute atomic E-state index is 3.67. The van der Waals surface area contributed by atoms with Crippen LogP contribution in [0, 0.1) is 0 Å². The average Bonchev–Trinajstić information content (AvgIpc) is 3.95. The van der Waals surface area contributed by atoms with Gasteiger partial charge in [0.1, 0.15) is 0 Å². The quantitative estimate of drug-likeness (QED) is 0.125. The molecule has 0 fully saturated rings. The molecule has 0 saturated heterocycles. The van der Waals surface area contributed by atoms with Gasteiger partial charge in [0.05, 0.1) is 0 Å². The van der Waals surface area contributed by atoms with Crippen LogP contribution in [0.15, 0.2) is 146 Å². The molecule has 0 radical (unpaired) electrons. The van der Waals surface area contributed by atoms with Gasteiger partial charge < -0.3 is 19.9 Å². The SMILES string of the molecule is c1cc2[nH]c3ccc4cc3c2cc1c1ccc2[nH]c3ccc(cc3c2c1)c1ccc2[nH]c3ccc(cc3c2c1)c1ccc2[nH]c3ccc4cc3c2c1. The van der Waals surface area contributed by atoms with E-state index in [4.69, 9.17) is 0 Å². The molecule has 0 aliphatic carbocycles. The van der Waals surface area contributed by atoms with E-state index in [9.17, 15) is 0 Å². The van der Waals surface area contributed by atoms with Crippen LogP contribution in [0.4, 0.5) is 0 Å². The molecule has 9 aromatic carbocycles. The van der Waals surface area contributed by atoms with Crippen molar-refractivity contribution in [3.05, 3.63) is 146 Å². The van der Waals surface area contributed by atoms with Crippen molar-refractivity contribution in [2.45, 2.75) is 0 Å². The summed E-state index contributed by atoms with van der Waals surface area (Å²) in [7, 11) is 0. The first-order valence-electron chi connectivity index (χ1n) is 17.9. The normalized spacial score (nSPS) is 12.6. The van der Waals surface area contributed by atoms with Gasteiger partial charge in [-0.1, -0.05) is 48.5 Å². The van der Waals surface area contributed by atoms with E-state index < -0.39 is 0 Å². The number of hydrogen-bond donors (Lipinski definition) is 4. The van der Waals surface area contributed by atoms with Gasteiger partial charge in [-0.2, -0.15) is 0 Å². The van der Waals surface area contributed by atoms with Gasteiger partial charge in [-0.25, -0.2) is 0 Å². The zero-order chi connectivity index (χ0) is 33.7. The molecular weight excluding hydrogens is 633 g/mol. The van der Waals surface area contributed by atoms with Crippen molar-refractivity contribution < 1.29 is 0 Å². The average molecular weight is 661 g/mol. The molecule has 4 heteroatoms. The van der Waals surface area contributed by atoms with Gasteiger partial charge in [0.25, 0.3) is 0 Å². The highest BCUT2D eigenvalue weighted by Gasteiger charge is 2.11. The predicted octanol–water partition coefficient (Wildman–Crippen LogP) is 13.4. The standard InChI is InChI=1S/C48H28N4/c1-9-41-33-17-25(1)26-2-10-43-34(18-26)36-20-28(4-12-44(36)50-43)30-6-14-46-38(22-30)40-24-32(8-16-48(40)52-46)31-7-15-47-39(23-31)37-21-29(5-13-45(37)51-47)27-3-11-42(49-41)35(33)19-27/h1-24,49-52H. The van der Waals surface area contributed by atoms with Crippen molar-refractivity contribution >= 4 is 130 Å². The van der Waals surface area contributed by atoms with Crippen molar-refractivity contribution in [2.75, 3.05) is 0 Å². The van der Waals surface area contributed by atoms with E-state index in [-0.39, 0.29) is 0 Å². The summed E-state index contributed by atoms with van der Waals surface area (Å²) in [5, 5.41) is 19.6. The van der Waals surface area contributed by atoms with Crippen molar-refractivity contribution in [2.24, 2.45) is 0 Å². The van der Waals surface area contributed by atoms with Gasteiger partial charge in [0, 0.05) is 87.2 Å². The van der Waals surface area contributed by atoms with Gasteiger partial charge >= 0.3 is 0 Å². The topological polar surface area (TPSA) is 63.2 Å². The van der Waals surface area contributed by atoms with Gasteiger partial charge in [-0.05, 0) is 140 Å². The molecule has 13 rings (SSSR count).